The fraction of sp³-hybridized carbons (Fsp3) is 0.211. The van der Waals surface area contributed by atoms with E-state index in [4.69, 9.17) is 11.6 Å². The van der Waals surface area contributed by atoms with Crippen molar-refractivity contribution in [3.05, 3.63) is 61.5 Å². The zero-order chi connectivity index (χ0) is 17.4. The fourth-order valence-electron chi connectivity index (χ4n) is 3.19. The summed E-state index contributed by atoms with van der Waals surface area (Å²) < 4.78 is 0. The molecule has 0 saturated carbocycles. The number of aromatic amines is 1. The molecule has 0 fully saturated rings. The van der Waals surface area contributed by atoms with E-state index < -0.39 is 0 Å². The van der Waals surface area contributed by atoms with Crippen LogP contribution in [-0.2, 0) is 12.8 Å². The Kier molecular flexibility index (Phi) is 4.16. The topological polar surface area (TPSA) is 69.5 Å². The molecule has 3 aromatic rings. The first-order valence-electron chi connectivity index (χ1n) is 8.08. The molecule has 0 radical (unpaired) electrons. The maximum Gasteiger partial charge on any atom is 0.260 e. The molecule has 0 spiro atoms. The molecule has 0 atom stereocenters. The highest BCUT2D eigenvalue weighted by molar-refractivity contribution is 7.18. The van der Waals surface area contributed by atoms with Crippen LogP contribution in [0.15, 0.2) is 29.1 Å². The lowest BCUT2D eigenvalue weighted by atomic mass is 9.97. The molecular weight excluding hydrogens is 354 g/mol. The van der Waals surface area contributed by atoms with Crippen LogP contribution in [0.25, 0.3) is 21.9 Å². The summed E-state index contributed by atoms with van der Waals surface area (Å²) >= 11 is 7.74. The van der Waals surface area contributed by atoms with Crippen LogP contribution in [0.4, 0.5) is 0 Å². The lowest BCUT2D eigenvalue weighted by Gasteiger charge is -2.09. The molecular formula is C19H14ClN3OS. The minimum atomic E-state index is -0.167. The Bertz CT molecular complexity index is 1100. The zero-order valence-electron chi connectivity index (χ0n) is 13.3. The summed E-state index contributed by atoms with van der Waals surface area (Å²) in [5.41, 5.74) is 1.98. The van der Waals surface area contributed by atoms with Gasteiger partial charge in [-0.2, -0.15) is 5.26 Å². The van der Waals surface area contributed by atoms with Crippen molar-refractivity contribution in [1.29, 1.82) is 5.26 Å². The van der Waals surface area contributed by atoms with Crippen molar-refractivity contribution in [2.45, 2.75) is 25.7 Å². The first-order valence-corrected chi connectivity index (χ1v) is 9.28. The Morgan fingerprint density at radius 2 is 2.12 bits per heavy atom. The van der Waals surface area contributed by atoms with Gasteiger partial charge in [0.15, 0.2) is 5.82 Å². The van der Waals surface area contributed by atoms with Crippen LogP contribution < -0.4 is 5.56 Å². The van der Waals surface area contributed by atoms with Crippen molar-refractivity contribution >= 4 is 44.8 Å². The zero-order valence-corrected chi connectivity index (χ0v) is 14.9. The number of hydrogen-bond donors (Lipinski definition) is 1. The van der Waals surface area contributed by atoms with Crippen LogP contribution in [0.1, 0.15) is 34.7 Å². The number of thiophene rings is 1. The molecule has 0 amide bonds. The molecule has 1 aliphatic carbocycles. The second-order valence-corrected chi connectivity index (χ2v) is 7.49. The van der Waals surface area contributed by atoms with Gasteiger partial charge in [0.2, 0.25) is 0 Å². The van der Waals surface area contributed by atoms with Gasteiger partial charge in [-0.25, -0.2) is 4.98 Å². The lowest BCUT2D eigenvalue weighted by Crippen LogP contribution is -2.12. The van der Waals surface area contributed by atoms with Gasteiger partial charge in [-0.05, 0) is 49.0 Å². The number of nitrogens with one attached hydrogen (secondary N) is 1. The molecule has 124 valence electrons. The molecule has 0 saturated heterocycles. The summed E-state index contributed by atoms with van der Waals surface area (Å²) in [7, 11) is 0. The van der Waals surface area contributed by atoms with Crippen LogP contribution in [0.2, 0.25) is 5.02 Å². The van der Waals surface area contributed by atoms with E-state index in [-0.39, 0.29) is 5.56 Å². The number of rotatable bonds is 2. The SMILES string of the molecule is N#CC(=Cc1ccccc1Cl)c1nc2sc3c(c2c(=O)[nH]1)CCCC3. The number of fused-ring (bicyclic) bond motifs is 3. The number of halogens is 1. The molecule has 4 rings (SSSR count). The van der Waals surface area contributed by atoms with E-state index in [0.717, 1.165) is 31.2 Å². The minimum absolute atomic E-state index is 0.167. The summed E-state index contributed by atoms with van der Waals surface area (Å²) in [4.78, 5) is 21.9. The van der Waals surface area contributed by atoms with Gasteiger partial charge in [-0.15, -0.1) is 11.3 Å². The minimum Gasteiger partial charge on any atom is -0.305 e. The van der Waals surface area contributed by atoms with Crippen molar-refractivity contribution in [2.24, 2.45) is 0 Å². The van der Waals surface area contributed by atoms with Crippen molar-refractivity contribution < 1.29 is 0 Å². The number of allylic oxidation sites excluding steroid dienone is 1. The van der Waals surface area contributed by atoms with Crippen LogP contribution in [0.3, 0.4) is 0 Å². The molecule has 1 aromatic carbocycles. The molecule has 1 N–H and O–H groups in total. The first kappa shape index (κ1) is 16.1. The molecule has 25 heavy (non-hydrogen) atoms. The fourth-order valence-corrected chi connectivity index (χ4v) is 4.65. The van der Waals surface area contributed by atoms with Crippen LogP contribution in [-0.4, -0.2) is 9.97 Å². The average Bonchev–Trinajstić information content (AvgIpc) is 3.00. The van der Waals surface area contributed by atoms with E-state index in [2.05, 4.69) is 16.0 Å². The van der Waals surface area contributed by atoms with Crippen molar-refractivity contribution in [1.82, 2.24) is 9.97 Å². The summed E-state index contributed by atoms with van der Waals surface area (Å²) in [5, 5.41) is 10.8. The van der Waals surface area contributed by atoms with Gasteiger partial charge in [-0.1, -0.05) is 29.8 Å². The Labute approximate surface area is 153 Å². The van der Waals surface area contributed by atoms with E-state index in [0.29, 0.717) is 32.2 Å². The highest BCUT2D eigenvalue weighted by Gasteiger charge is 2.20. The molecule has 2 aromatic heterocycles. The molecule has 0 unspecified atom stereocenters. The van der Waals surface area contributed by atoms with Crippen molar-refractivity contribution in [3.63, 3.8) is 0 Å². The van der Waals surface area contributed by atoms with Crippen molar-refractivity contribution in [2.75, 3.05) is 0 Å². The predicted octanol–water partition coefficient (Wildman–Crippen LogP) is 4.58. The van der Waals surface area contributed by atoms with Gasteiger partial charge in [0.1, 0.15) is 10.9 Å². The third-order valence-corrected chi connectivity index (χ3v) is 5.94. The third kappa shape index (κ3) is 2.88. The number of aromatic nitrogens is 2. The predicted molar refractivity (Wildman–Crippen MR) is 102 cm³/mol. The largest absolute Gasteiger partial charge is 0.305 e. The van der Waals surface area contributed by atoms with Crippen LogP contribution in [0.5, 0.6) is 0 Å². The molecule has 6 heteroatoms. The lowest BCUT2D eigenvalue weighted by molar-refractivity contribution is 0.700. The smallest absolute Gasteiger partial charge is 0.260 e. The Morgan fingerprint density at radius 3 is 2.92 bits per heavy atom. The second kappa shape index (κ2) is 6.47. The second-order valence-electron chi connectivity index (χ2n) is 6.00. The number of hydrogen-bond acceptors (Lipinski definition) is 4. The molecule has 0 aliphatic heterocycles. The van der Waals surface area contributed by atoms with Gasteiger partial charge in [-0.3, -0.25) is 4.79 Å². The molecule has 2 heterocycles. The van der Waals surface area contributed by atoms with E-state index in [1.54, 1.807) is 23.5 Å². The highest BCUT2D eigenvalue weighted by Crippen LogP contribution is 2.34. The summed E-state index contributed by atoms with van der Waals surface area (Å²) in [6, 6.07) is 9.37. The number of benzene rings is 1. The van der Waals surface area contributed by atoms with Gasteiger partial charge in [0.05, 0.1) is 11.0 Å². The average molecular weight is 368 g/mol. The number of H-pyrrole nitrogens is 1. The highest BCUT2D eigenvalue weighted by atomic mass is 35.5. The van der Waals surface area contributed by atoms with Crippen molar-refractivity contribution in [3.8, 4) is 6.07 Å². The quantitative estimate of drug-likeness (QED) is 0.674. The van der Waals surface area contributed by atoms with Gasteiger partial charge < -0.3 is 4.98 Å². The number of nitrogens with zero attached hydrogens (tertiary/aromatic N) is 2. The standard InChI is InChI=1S/C19H14ClN3OS/c20-14-7-3-1-5-11(14)9-12(10-21)17-22-18(24)16-13-6-2-4-8-15(13)25-19(16)23-17/h1,3,5,7,9H,2,4,6,8H2,(H,22,23,24). The Hall–Kier alpha value is -2.42. The number of aryl methyl sites for hydroxylation is 2. The van der Waals surface area contributed by atoms with Crippen LogP contribution in [0, 0.1) is 11.3 Å². The normalized spacial score (nSPS) is 14.3. The number of nitriles is 1. The van der Waals surface area contributed by atoms with Crippen LogP contribution >= 0.6 is 22.9 Å². The van der Waals surface area contributed by atoms with Gasteiger partial charge >= 0.3 is 0 Å². The summed E-state index contributed by atoms with van der Waals surface area (Å²) in [6.45, 7) is 0. The van der Waals surface area contributed by atoms with E-state index in [1.807, 2.05) is 18.2 Å². The van der Waals surface area contributed by atoms with Gasteiger partial charge in [0.25, 0.3) is 5.56 Å². The van der Waals surface area contributed by atoms with E-state index in [1.165, 1.54) is 4.88 Å². The first-order chi connectivity index (χ1) is 12.2. The monoisotopic (exact) mass is 367 g/mol. The maximum absolute atomic E-state index is 12.6. The van der Waals surface area contributed by atoms with E-state index in [9.17, 15) is 10.1 Å². The summed E-state index contributed by atoms with van der Waals surface area (Å²) in [6.07, 6.45) is 5.85. The molecule has 4 nitrogen and oxygen atoms in total. The molecule has 1 aliphatic rings. The Morgan fingerprint density at radius 1 is 1.32 bits per heavy atom. The molecule has 0 bridgehead atoms. The summed E-state index contributed by atoms with van der Waals surface area (Å²) in [5.74, 6) is 0.290. The maximum atomic E-state index is 12.6. The third-order valence-electron chi connectivity index (χ3n) is 4.41. The van der Waals surface area contributed by atoms with E-state index >= 15 is 0 Å². The van der Waals surface area contributed by atoms with Gasteiger partial charge in [0, 0.05) is 9.90 Å². The Balaban J connectivity index is 1.88.